The summed E-state index contributed by atoms with van der Waals surface area (Å²) >= 11 is 5.88. The summed E-state index contributed by atoms with van der Waals surface area (Å²) in [5, 5.41) is 0.735. The van der Waals surface area contributed by atoms with Crippen molar-refractivity contribution in [2.75, 3.05) is 6.54 Å². The Balaban J connectivity index is 2.08. The summed E-state index contributed by atoms with van der Waals surface area (Å²) in [6.45, 7) is 2.59. The minimum absolute atomic E-state index is 0.187. The number of rotatable bonds is 5. The lowest BCUT2D eigenvalue weighted by molar-refractivity contribution is 0.529. The monoisotopic (exact) mass is 291 g/mol. The molecule has 0 aliphatic rings. The van der Waals surface area contributed by atoms with Gasteiger partial charge in [-0.05, 0) is 73.2 Å². The Bertz CT molecular complexity index is 566. The molecule has 0 spiro atoms. The molecule has 0 saturated carbocycles. The molecule has 2 aromatic rings. The molecule has 0 bridgehead atoms. The maximum Gasteiger partial charge on any atom is 0.123 e. The predicted molar refractivity (Wildman–Crippen MR) is 82.5 cm³/mol. The normalized spacial score (nSPS) is 12.4. The van der Waals surface area contributed by atoms with Gasteiger partial charge in [0, 0.05) is 5.02 Å². The Morgan fingerprint density at radius 2 is 1.80 bits per heavy atom. The van der Waals surface area contributed by atoms with Crippen LogP contribution in [0.4, 0.5) is 4.39 Å². The van der Waals surface area contributed by atoms with E-state index in [-0.39, 0.29) is 5.82 Å². The summed E-state index contributed by atoms with van der Waals surface area (Å²) in [7, 11) is 0. The van der Waals surface area contributed by atoms with Crippen molar-refractivity contribution >= 4 is 11.6 Å². The lowest BCUT2D eigenvalue weighted by Crippen LogP contribution is -2.19. The molecule has 106 valence electrons. The van der Waals surface area contributed by atoms with Gasteiger partial charge < -0.3 is 5.73 Å². The maximum absolute atomic E-state index is 13.3. The number of benzene rings is 2. The van der Waals surface area contributed by atoms with Gasteiger partial charge in [-0.25, -0.2) is 4.39 Å². The molecule has 1 nitrogen and oxygen atoms in total. The van der Waals surface area contributed by atoms with Gasteiger partial charge in [-0.2, -0.15) is 0 Å². The SMILES string of the molecule is Cc1ccc(F)cc1CC(CN)Cc1ccc(Cl)cc1. The fourth-order valence-corrected chi connectivity index (χ4v) is 2.49. The molecular weight excluding hydrogens is 273 g/mol. The minimum atomic E-state index is -0.187. The molecule has 3 heteroatoms. The zero-order valence-electron chi connectivity index (χ0n) is 11.6. The molecule has 20 heavy (non-hydrogen) atoms. The Labute approximate surface area is 124 Å². The summed E-state index contributed by atoms with van der Waals surface area (Å²) in [5.41, 5.74) is 9.22. The van der Waals surface area contributed by atoms with Crippen LogP contribution < -0.4 is 5.73 Å². The van der Waals surface area contributed by atoms with E-state index in [2.05, 4.69) is 0 Å². The summed E-state index contributed by atoms with van der Waals surface area (Å²) in [4.78, 5) is 0. The minimum Gasteiger partial charge on any atom is -0.330 e. The van der Waals surface area contributed by atoms with Gasteiger partial charge in [0.05, 0.1) is 0 Å². The second kappa shape index (κ2) is 6.87. The van der Waals surface area contributed by atoms with Crippen molar-refractivity contribution in [3.8, 4) is 0 Å². The average molecular weight is 292 g/mol. The van der Waals surface area contributed by atoms with E-state index >= 15 is 0 Å². The van der Waals surface area contributed by atoms with Gasteiger partial charge in [0.1, 0.15) is 5.82 Å². The molecule has 0 aliphatic heterocycles. The number of hydrogen-bond donors (Lipinski definition) is 1. The van der Waals surface area contributed by atoms with Crippen molar-refractivity contribution in [1.29, 1.82) is 0 Å². The predicted octanol–water partition coefficient (Wildman–Crippen LogP) is 4.15. The Hall–Kier alpha value is -1.38. The van der Waals surface area contributed by atoms with Crippen molar-refractivity contribution < 1.29 is 4.39 Å². The van der Waals surface area contributed by atoms with Crippen LogP contribution >= 0.6 is 11.6 Å². The fraction of sp³-hybridized carbons (Fsp3) is 0.294. The number of nitrogens with two attached hydrogens (primary N) is 1. The first-order valence-electron chi connectivity index (χ1n) is 6.78. The number of hydrogen-bond acceptors (Lipinski definition) is 1. The van der Waals surface area contributed by atoms with Crippen LogP contribution in [0.5, 0.6) is 0 Å². The van der Waals surface area contributed by atoms with E-state index in [4.69, 9.17) is 17.3 Å². The highest BCUT2D eigenvalue weighted by Crippen LogP contribution is 2.19. The molecule has 2 N–H and O–H groups in total. The molecule has 1 unspecified atom stereocenters. The fourth-order valence-electron chi connectivity index (χ4n) is 2.36. The molecule has 0 aromatic heterocycles. The second-order valence-electron chi connectivity index (χ2n) is 5.21. The maximum atomic E-state index is 13.3. The zero-order valence-corrected chi connectivity index (χ0v) is 12.3. The van der Waals surface area contributed by atoms with E-state index in [1.807, 2.05) is 37.3 Å². The summed E-state index contributed by atoms with van der Waals surface area (Å²) in [5.74, 6) is 0.115. The van der Waals surface area contributed by atoms with Gasteiger partial charge in [-0.3, -0.25) is 0 Å². The smallest absolute Gasteiger partial charge is 0.123 e. The van der Waals surface area contributed by atoms with Gasteiger partial charge in [-0.1, -0.05) is 29.8 Å². The number of halogens is 2. The molecule has 2 aromatic carbocycles. The van der Waals surface area contributed by atoms with Crippen LogP contribution in [0.15, 0.2) is 42.5 Å². The van der Waals surface area contributed by atoms with E-state index in [1.54, 1.807) is 6.07 Å². The van der Waals surface area contributed by atoms with Crippen LogP contribution in [0.1, 0.15) is 16.7 Å². The Morgan fingerprint density at radius 3 is 2.45 bits per heavy atom. The Morgan fingerprint density at radius 1 is 1.10 bits per heavy atom. The van der Waals surface area contributed by atoms with Gasteiger partial charge in [-0.15, -0.1) is 0 Å². The van der Waals surface area contributed by atoms with E-state index in [0.29, 0.717) is 12.5 Å². The third kappa shape index (κ3) is 4.06. The van der Waals surface area contributed by atoms with Crippen molar-refractivity contribution in [1.82, 2.24) is 0 Å². The quantitative estimate of drug-likeness (QED) is 0.880. The first-order valence-corrected chi connectivity index (χ1v) is 7.16. The van der Waals surface area contributed by atoms with Crippen LogP contribution in [-0.4, -0.2) is 6.54 Å². The molecule has 0 heterocycles. The van der Waals surface area contributed by atoms with Crippen LogP contribution in [0.3, 0.4) is 0 Å². The van der Waals surface area contributed by atoms with E-state index in [9.17, 15) is 4.39 Å². The van der Waals surface area contributed by atoms with Gasteiger partial charge in [0.2, 0.25) is 0 Å². The number of aryl methyl sites for hydroxylation is 1. The van der Waals surface area contributed by atoms with Gasteiger partial charge in [0.15, 0.2) is 0 Å². The van der Waals surface area contributed by atoms with Crippen LogP contribution in [0.25, 0.3) is 0 Å². The second-order valence-corrected chi connectivity index (χ2v) is 5.64. The summed E-state index contributed by atoms with van der Waals surface area (Å²) < 4.78 is 13.3. The highest BCUT2D eigenvalue weighted by molar-refractivity contribution is 6.30. The first kappa shape index (κ1) is 15.0. The molecule has 1 atom stereocenters. The van der Waals surface area contributed by atoms with Crippen molar-refractivity contribution in [2.45, 2.75) is 19.8 Å². The average Bonchev–Trinajstić information content (AvgIpc) is 2.44. The zero-order chi connectivity index (χ0) is 14.5. The van der Waals surface area contributed by atoms with E-state index in [1.165, 1.54) is 11.6 Å². The highest BCUT2D eigenvalue weighted by Gasteiger charge is 2.11. The molecule has 0 aliphatic carbocycles. The lowest BCUT2D eigenvalue weighted by Gasteiger charge is -2.16. The molecule has 2 rings (SSSR count). The highest BCUT2D eigenvalue weighted by atomic mass is 35.5. The van der Waals surface area contributed by atoms with Crippen LogP contribution in [0.2, 0.25) is 5.02 Å². The van der Waals surface area contributed by atoms with Crippen molar-refractivity contribution in [2.24, 2.45) is 11.7 Å². The summed E-state index contributed by atoms with van der Waals surface area (Å²) in [6, 6.07) is 12.7. The molecule has 0 amide bonds. The largest absolute Gasteiger partial charge is 0.330 e. The van der Waals surface area contributed by atoms with Crippen molar-refractivity contribution in [3.63, 3.8) is 0 Å². The molecule has 0 fully saturated rings. The molecule has 0 radical (unpaired) electrons. The lowest BCUT2D eigenvalue weighted by atomic mass is 9.91. The van der Waals surface area contributed by atoms with E-state index < -0.39 is 0 Å². The van der Waals surface area contributed by atoms with Crippen molar-refractivity contribution in [3.05, 3.63) is 70.0 Å². The third-order valence-corrected chi connectivity index (χ3v) is 3.84. The van der Waals surface area contributed by atoms with Gasteiger partial charge >= 0.3 is 0 Å². The summed E-state index contributed by atoms with van der Waals surface area (Å²) in [6.07, 6.45) is 1.67. The topological polar surface area (TPSA) is 26.0 Å². The Kier molecular flexibility index (Phi) is 5.16. The van der Waals surface area contributed by atoms with Gasteiger partial charge in [0.25, 0.3) is 0 Å². The molecular formula is C17H19ClFN. The van der Waals surface area contributed by atoms with Crippen LogP contribution in [-0.2, 0) is 12.8 Å². The van der Waals surface area contributed by atoms with E-state index in [0.717, 1.165) is 29.0 Å². The first-order chi connectivity index (χ1) is 9.58. The standard InChI is InChI=1S/C17H19ClFN/c1-12-2-7-17(19)10-15(12)9-14(11-20)8-13-3-5-16(18)6-4-13/h2-7,10,14H,8-9,11,20H2,1H3. The van der Waals surface area contributed by atoms with Crippen LogP contribution in [0, 0.1) is 18.7 Å². The third-order valence-electron chi connectivity index (χ3n) is 3.59. The molecule has 0 saturated heterocycles.